The third-order valence-corrected chi connectivity index (χ3v) is 5.20. The van der Waals surface area contributed by atoms with Crippen molar-refractivity contribution in [3.8, 4) is 5.69 Å². The van der Waals surface area contributed by atoms with Gasteiger partial charge in [-0.25, -0.2) is 9.67 Å². The Morgan fingerprint density at radius 3 is 2.50 bits per heavy atom. The van der Waals surface area contributed by atoms with E-state index in [-0.39, 0.29) is 11.9 Å². The maximum Gasteiger partial charge on any atom is 0.252 e. The number of aryl methyl sites for hydroxylation is 4. The van der Waals surface area contributed by atoms with Crippen molar-refractivity contribution in [2.45, 2.75) is 40.2 Å². The molecule has 1 atom stereocenters. The Morgan fingerprint density at radius 2 is 1.83 bits per heavy atom. The highest BCUT2D eigenvalue weighted by molar-refractivity contribution is 6.06. The summed E-state index contributed by atoms with van der Waals surface area (Å²) in [6, 6.07) is 11.7. The van der Waals surface area contributed by atoms with Gasteiger partial charge in [0.1, 0.15) is 0 Å². The number of hydrogen-bond acceptors (Lipinski definition) is 4. The molecule has 4 aromatic rings. The van der Waals surface area contributed by atoms with E-state index in [1.165, 1.54) is 0 Å². The van der Waals surface area contributed by atoms with Gasteiger partial charge in [0, 0.05) is 25.0 Å². The standard InChI is InChI=1S/C23H26N6O/c1-14(11-18-13-28(5)26-16(18)3)25-23(30)20-12-15(2)24-22-21(20)17(4)27-29(22)19-9-7-6-8-10-19/h6-10,12-14H,11H2,1-5H3,(H,25,30)/t14-/m1/s1. The lowest BCUT2D eigenvalue weighted by Gasteiger charge is -2.14. The number of nitrogens with zero attached hydrogens (tertiary/aromatic N) is 5. The van der Waals surface area contributed by atoms with Crippen molar-refractivity contribution < 1.29 is 4.79 Å². The Balaban J connectivity index is 1.67. The number of para-hydroxylation sites is 1. The molecule has 7 heteroatoms. The Kier molecular flexibility index (Phi) is 5.11. The van der Waals surface area contributed by atoms with Gasteiger partial charge in [-0.05, 0) is 57.9 Å². The molecule has 30 heavy (non-hydrogen) atoms. The summed E-state index contributed by atoms with van der Waals surface area (Å²) in [6.07, 6.45) is 2.72. The van der Waals surface area contributed by atoms with E-state index in [2.05, 4.69) is 20.5 Å². The zero-order valence-electron chi connectivity index (χ0n) is 18.0. The second kappa shape index (κ2) is 7.74. The summed E-state index contributed by atoms with van der Waals surface area (Å²) in [5.41, 5.74) is 5.89. The molecule has 0 unspecified atom stereocenters. The Morgan fingerprint density at radius 1 is 1.10 bits per heavy atom. The number of rotatable bonds is 5. The van der Waals surface area contributed by atoms with E-state index < -0.39 is 0 Å². The van der Waals surface area contributed by atoms with Gasteiger partial charge < -0.3 is 5.32 Å². The normalized spacial score (nSPS) is 12.3. The van der Waals surface area contributed by atoms with Gasteiger partial charge in [0.25, 0.3) is 5.91 Å². The van der Waals surface area contributed by atoms with Crippen molar-refractivity contribution in [2.24, 2.45) is 7.05 Å². The lowest BCUT2D eigenvalue weighted by molar-refractivity contribution is 0.0941. The Labute approximate surface area is 175 Å². The number of nitrogens with one attached hydrogen (secondary N) is 1. The summed E-state index contributed by atoms with van der Waals surface area (Å²) in [4.78, 5) is 17.9. The van der Waals surface area contributed by atoms with Crippen molar-refractivity contribution in [3.05, 3.63) is 70.8 Å². The van der Waals surface area contributed by atoms with Gasteiger partial charge in [-0.1, -0.05) is 18.2 Å². The largest absolute Gasteiger partial charge is 0.349 e. The molecule has 0 aliphatic rings. The van der Waals surface area contributed by atoms with E-state index in [1.54, 1.807) is 9.36 Å². The Bertz CT molecular complexity index is 1220. The molecule has 1 amide bonds. The maximum absolute atomic E-state index is 13.2. The molecule has 0 bridgehead atoms. The van der Waals surface area contributed by atoms with Crippen LogP contribution in [0.2, 0.25) is 0 Å². The fourth-order valence-electron chi connectivity index (χ4n) is 3.87. The van der Waals surface area contributed by atoms with Crippen molar-refractivity contribution in [1.82, 2.24) is 29.9 Å². The molecule has 0 aliphatic heterocycles. The fourth-order valence-corrected chi connectivity index (χ4v) is 3.87. The van der Waals surface area contributed by atoms with Crippen LogP contribution in [0, 0.1) is 20.8 Å². The number of aromatic nitrogens is 5. The van der Waals surface area contributed by atoms with Gasteiger partial charge in [0.15, 0.2) is 5.65 Å². The highest BCUT2D eigenvalue weighted by Crippen LogP contribution is 2.25. The predicted octanol–water partition coefficient (Wildman–Crippen LogP) is 3.44. The molecule has 0 radical (unpaired) electrons. The third-order valence-electron chi connectivity index (χ3n) is 5.20. The second-order valence-corrected chi connectivity index (χ2v) is 7.83. The minimum atomic E-state index is -0.116. The predicted molar refractivity (Wildman–Crippen MR) is 117 cm³/mol. The molecule has 0 saturated carbocycles. The van der Waals surface area contributed by atoms with Crippen LogP contribution in [-0.4, -0.2) is 36.5 Å². The quantitative estimate of drug-likeness (QED) is 0.555. The van der Waals surface area contributed by atoms with Crippen LogP contribution in [0.15, 0.2) is 42.6 Å². The maximum atomic E-state index is 13.2. The SMILES string of the molecule is Cc1cc(C(=O)N[C@H](C)Cc2cn(C)nc2C)c2c(C)nn(-c3ccccc3)c2n1. The second-order valence-electron chi connectivity index (χ2n) is 7.83. The minimum absolute atomic E-state index is 0.0339. The van der Waals surface area contributed by atoms with Crippen molar-refractivity contribution in [1.29, 1.82) is 0 Å². The molecule has 1 aromatic carbocycles. The monoisotopic (exact) mass is 402 g/mol. The summed E-state index contributed by atoms with van der Waals surface area (Å²) in [6.45, 7) is 7.81. The summed E-state index contributed by atoms with van der Waals surface area (Å²) in [5.74, 6) is -0.116. The highest BCUT2D eigenvalue weighted by Gasteiger charge is 2.21. The van der Waals surface area contributed by atoms with Crippen LogP contribution in [0.5, 0.6) is 0 Å². The number of carbonyl (C=O) groups is 1. The van der Waals surface area contributed by atoms with Crippen LogP contribution in [0.25, 0.3) is 16.7 Å². The van der Waals surface area contributed by atoms with Crippen LogP contribution >= 0.6 is 0 Å². The summed E-state index contributed by atoms with van der Waals surface area (Å²) in [7, 11) is 1.91. The molecule has 0 saturated heterocycles. The fraction of sp³-hybridized carbons (Fsp3) is 0.304. The summed E-state index contributed by atoms with van der Waals surface area (Å²) in [5, 5.41) is 13.0. The van der Waals surface area contributed by atoms with Crippen molar-refractivity contribution in [2.75, 3.05) is 0 Å². The van der Waals surface area contributed by atoms with Gasteiger partial charge in [0.2, 0.25) is 0 Å². The van der Waals surface area contributed by atoms with Gasteiger partial charge >= 0.3 is 0 Å². The van der Waals surface area contributed by atoms with E-state index in [1.807, 2.05) is 77.3 Å². The molecule has 154 valence electrons. The van der Waals surface area contributed by atoms with E-state index in [4.69, 9.17) is 0 Å². The first-order chi connectivity index (χ1) is 14.3. The van der Waals surface area contributed by atoms with Crippen LogP contribution in [-0.2, 0) is 13.5 Å². The van der Waals surface area contributed by atoms with Crippen LogP contribution in [0.1, 0.15) is 39.9 Å². The van der Waals surface area contributed by atoms with Crippen LogP contribution in [0.3, 0.4) is 0 Å². The number of benzene rings is 1. The first kappa shape index (κ1) is 19.8. The van der Waals surface area contributed by atoms with Gasteiger partial charge in [0.05, 0.1) is 28.0 Å². The Hall–Kier alpha value is -3.48. The topological polar surface area (TPSA) is 77.6 Å². The minimum Gasteiger partial charge on any atom is -0.349 e. The highest BCUT2D eigenvalue weighted by atomic mass is 16.1. The number of fused-ring (bicyclic) bond motifs is 1. The molecule has 7 nitrogen and oxygen atoms in total. The molecule has 0 aliphatic carbocycles. The third kappa shape index (κ3) is 3.70. The number of carbonyl (C=O) groups excluding carboxylic acids is 1. The van der Waals surface area contributed by atoms with Gasteiger partial charge in [-0.2, -0.15) is 10.2 Å². The number of hydrogen-bond donors (Lipinski definition) is 1. The van der Waals surface area contributed by atoms with Crippen molar-refractivity contribution >= 4 is 16.9 Å². The van der Waals surface area contributed by atoms with Crippen molar-refractivity contribution in [3.63, 3.8) is 0 Å². The van der Waals surface area contributed by atoms with Gasteiger partial charge in [-0.15, -0.1) is 0 Å². The molecule has 3 heterocycles. The van der Waals surface area contributed by atoms with E-state index in [0.717, 1.165) is 40.1 Å². The first-order valence-electron chi connectivity index (χ1n) is 10.1. The average molecular weight is 403 g/mol. The molecule has 4 rings (SSSR count). The number of amides is 1. The zero-order chi connectivity index (χ0) is 21.4. The lowest BCUT2D eigenvalue weighted by atomic mass is 10.1. The van der Waals surface area contributed by atoms with Crippen LogP contribution in [0.4, 0.5) is 0 Å². The first-order valence-corrected chi connectivity index (χ1v) is 10.1. The molecule has 1 N–H and O–H groups in total. The number of pyridine rings is 1. The average Bonchev–Trinajstić information content (AvgIpc) is 3.19. The van der Waals surface area contributed by atoms with E-state index in [0.29, 0.717) is 11.2 Å². The molecule has 0 spiro atoms. The lowest BCUT2D eigenvalue weighted by Crippen LogP contribution is -2.34. The van der Waals surface area contributed by atoms with Gasteiger partial charge in [-0.3, -0.25) is 9.48 Å². The van der Waals surface area contributed by atoms with Crippen LogP contribution < -0.4 is 5.32 Å². The van der Waals surface area contributed by atoms with E-state index in [9.17, 15) is 4.79 Å². The van der Waals surface area contributed by atoms with E-state index >= 15 is 0 Å². The smallest absolute Gasteiger partial charge is 0.252 e. The molecular weight excluding hydrogens is 376 g/mol. The summed E-state index contributed by atoms with van der Waals surface area (Å²) >= 11 is 0. The zero-order valence-corrected chi connectivity index (χ0v) is 18.0. The molecule has 0 fully saturated rings. The molecular formula is C23H26N6O. The molecule has 3 aromatic heterocycles. The summed E-state index contributed by atoms with van der Waals surface area (Å²) < 4.78 is 3.60.